The van der Waals surface area contributed by atoms with Gasteiger partial charge in [0.15, 0.2) is 0 Å². The fourth-order valence-electron chi connectivity index (χ4n) is 2.88. The molecule has 9 heteroatoms. The lowest BCUT2D eigenvalue weighted by Gasteiger charge is -2.36. The summed E-state index contributed by atoms with van der Waals surface area (Å²) in [6, 6.07) is 10.5. The van der Waals surface area contributed by atoms with Crippen molar-refractivity contribution in [3.8, 4) is 23.0 Å². The highest BCUT2D eigenvalue weighted by molar-refractivity contribution is 5.90. The number of aromatic nitrogens is 3. The second-order valence-corrected chi connectivity index (χ2v) is 6.30. The number of pyridine rings is 1. The van der Waals surface area contributed by atoms with Crippen LogP contribution >= 0.6 is 0 Å². The quantitative estimate of drug-likeness (QED) is 0.725. The lowest BCUT2D eigenvalue weighted by Crippen LogP contribution is -2.50. The summed E-state index contributed by atoms with van der Waals surface area (Å²) in [7, 11) is 3.12. The Bertz CT molecular complexity index is 947. The molecule has 0 radical (unpaired) electrons. The number of ether oxygens (including phenoxy) is 2. The summed E-state index contributed by atoms with van der Waals surface area (Å²) in [6.07, 6.45) is 1.67. The maximum Gasteiger partial charge on any atom is 0.321 e. The minimum atomic E-state index is -0.212. The summed E-state index contributed by atoms with van der Waals surface area (Å²) < 4.78 is 15.8. The maximum absolute atomic E-state index is 12.5. The van der Waals surface area contributed by atoms with Crippen LogP contribution in [0.2, 0.25) is 0 Å². The lowest BCUT2D eigenvalue weighted by atomic mass is 10.0. The predicted octanol–water partition coefficient (Wildman–Crippen LogP) is 2.78. The zero-order valence-corrected chi connectivity index (χ0v) is 15.5. The Kier molecular flexibility index (Phi) is 4.79. The summed E-state index contributed by atoms with van der Waals surface area (Å²) in [5, 5.41) is 6.82. The van der Waals surface area contributed by atoms with Gasteiger partial charge in [-0.1, -0.05) is 11.2 Å². The van der Waals surface area contributed by atoms with Gasteiger partial charge in [-0.05, 0) is 12.1 Å². The van der Waals surface area contributed by atoms with Gasteiger partial charge in [0, 0.05) is 43.2 Å². The molecule has 1 aliphatic rings. The molecule has 2 aromatic heterocycles. The molecule has 0 aliphatic carbocycles. The van der Waals surface area contributed by atoms with Crippen molar-refractivity contribution in [2.24, 2.45) is 0 Å². The van der Waals surface area contributed by atoms with Gasteiger partial charge in [0.2, 0.25) is 11.7 Å². The molecule has 4 rings (SSSR count). The van der Waals surface area contributed by atoms with Crippen molar-refractivity contribution in [3.05, 3.63) is 48.5 Å². The molecule has 0 atom stereocenters. The monoisotopic (exact) mass is 381 g/mol. The molecule has 28 heavy (non-hydrogen) atoms. The molecule has 0 spiro atoms. The number of benzene rings is 1. The molecule has 1 fully saturated rings. The van der Waals surface area contributed by atoms with Gasteiger partial charge in [-0.2, -0.15) is 4.98 Å². The highest BCUT2D eigenvalue weighted by Gasteiger charge is 2.36. The third-order valence-electron chi connectivity index (χ3n) is 4.46. The molecule has 2 amide bonds. The van der Waals surface area contributed by atoms with Gasteiger partial charge in [0.25, 0.3) is 0 Å². The number of nitrogens with one attached hydrogen (secondary N) is 1. The molecule has 1 aliphatic heterocycles. The van der Waals surface area contributed by atoms with E-state index in [2.05, 4.69) is 20.4 Å². The van der Waals surface area contributed by atoms with Crippen molar-refractivity contribution in [1.82, 2.24) is 20.0 Å². The van der Waals surface area contributed by atoms with Crippen LogP contribution < -0.4 is 14.8 Å². The molecule has 9 nitrogen and oxygen atoms in total. The number of methoxy groups -OCH3 is 2. The van der Waals surface area contributed by atoms with Gasteiger partial charge in [0.05, 0.1) is 20.1 Å². The average Bonchev–Trinajstić information content (AvgIpc) is 3.16. The van der Waals surface area contributed by atoms with E-state index in [1.807, 2.05) is 18.2 Å². The second-order valence-electron chi connectivity index (χ2n) is 6.30. The standard InChI is InChI=1S/C19H19N5O4/c1-26-14-7-13(8-15(9-14)27-2)21-19(25)24-10-12(11-24)18-22-17(23-28-18)16-5-3-4-6-20-16/h3-9,12H,10-11H2,1-2H3,(H,21,25). The summed E-state index contributed by atoms with van der Waals surface area (Å²) >= 11 is 0. The van der Waals surface area contributed by atoms with Crippen LogP contribution in [0.25, 0.3) is 11.5 Å². The van der Waals surface area contributed by atoms with Gasteiger partial charge >= 0.3 is 6.03 Å². The minimum Gasteiger partial charge on any atom is -0.497 e. The largest absolute Gasteiger partial charge is 0.497 e. The first-order chi connectivity index (χ1) is 13.7. The van der Waals surface area contributed by atoms with E-state index in [-0.39, 0.29) is 11.9 Å². The van der Waals surface area contributed by atoms with E-state index in [4.69, 9.17) is 14.0 Å². The van der Waals surface area contributed by atoms with Crippen molar-refractivity contribution in [2.75, 3.05) is 32.6 Å². The van der Waals surface area contributed by atoms with Gasteiger partial charge in [-0.3, -0.25) is 4.98 Å². The predicted molar refractivity (Wildman–Crippen MR) is 100 cm³/mol. The highest BCUT2D eigenvalue weighted by Crippen LogP contribution is 2.29. The lowest BCUT2D eigenvalue weighted by molar-refractivity contribution is 0.147. The number of urea groups is 1. The van der Waals surface area contributed by atoms with Crippen molar-refractivity contribution in [1.29, 1.82) is 0 Å². The van der Waals surface area contributed by atoms with Crippen molar-refractivity contribution in [2.45, 2.75) is 5.92 Å². The smallest absolute Gasteiger partial charge is 0.321 e. The van der Waals surface area contributed by atoms with Gasteiger partial charge in [-0.25, -0.2) is 4.79 Å². The number of hydrogen-bond donors (Lipinski definition) is 1. The number of rotatable bonds is 5. The summed E-state index contributed by atoms with van der Waals surface area (Å²) in [5.41, 5.74) is 1.25. The number of carbonyl (C=O) groups excluding carboxylic acids is 1. The van der Waals surface area contributed by atoms with Crippen LogP contribution in [0.1, 0.15) is 11.8 Å². The van der Waals surface area contributed by atoms with E-state index in [0.717, 1.165) is 0 Å². The Labute approximate surface area is 161 Å². The Hall–Kier alpha value is -3.62. The van der Waals surface area contributed by atoms with Crippen LogP contribution in [0.5, 0.6) is 11.5 Å². The summed E-state index contributed by atoms with van der Waals surface area (Å²) in [6.45, 7) is 0.994. The number of amides is 2. The SMILES string of the molecule is COc1cc(NC(=O)N2CC(c3nc(-c4ccccn4)no3)C2)cc(OC)c1. The topological polar surface area (TPSA) is 103 Å². The third kappa shape index (κ3) is 3.59. The number of anilines is 1. The van der Waals surface area contributed by atoms with Crippen LogP contribution in [0.15, 0.2) is 47.1 Å². The molecular formula is C19H19N5O4. The molecule has 1 saturated heterocycles. The van der Waals surface area contributed by atoms with E-state index in [0.29, 0.717) is 47.7 Å². The summed E-state index contributed by atoms with van der Waals surface area (Å²) in [4.78, 5) is 22.7. The Morgan fingerprint density at radius 3 is 2.57 bits per heavy atom. The first-order valence-electron chi connectivity index (χ1n) is 8.70. The normalized spacial score (nSPS) is 13.7. The molecular weight excluding hydrogens is 362 g/mol. The van der Waals surface area contributed by atoms with Gasteiger partial charge < -0.3 is 24.2 Å². The molecule has 1 N–H and O–H groups in total. The Balaban J connectivity index is 1.36. The van der Waals surface area contributed by atoms with Crippen molar-refractivity contribution >= 4 is 11.7 Å². The fourth-order valence-corrected chi connectivity index (χ4v) is 2.88. The van der Waals surface area contributed by atoms with Crippen LogP contribution in [0.4, 0.5) is 10.5 Å². The van der Waals surface area contributed by atoms with Crippen molar-refractivity contribution in [3.63, 3.8) is 0 Å². The first-order valence-corrected chi connectivity index (χ1v) is 8.70. The Morgan fingerprint density at radius 2 is 1.93 bits per heavy atom. The first kappa shape index (κ1) is 17.8. The van der Waals surface area contributed by atoms with Crippen LogP contribution in [0.3, 0.4) is 0 Å². The van der Waals surface area contributed by atoms with Crippen LogP contribution in [-0.2, 0) is 0 Å². The Morgan fingerprint density at radius 1 is 1.18 bits per heavy atom. The molecule has 0 unspecified atom stereocenters. The number of likely N-dealkylation sites (tertiary alicyclic amines) is 1. The van der Waals surface area contributed by atoms with E-state index in [9.17, 15) is 4.79 Å². The second kappa shape index (κ2) is 7.55. The molecule has 1 aromatic carbocycles. The number of nitrogens with zero attached hydrogens (tertiary/aromatic N) is 4. The average molecular weight is 381 g/mol. The van der Waals surface area contributed by atoms with Gasteiger partial charge in [-0.15, -0.1) is 0 Å². The van der Waals surface area contributed by atoms with Crippen LogP contribution in [-0.4, -0.2) is 53.4 Å². The van der Waals surface area contributed by atoms with E-state index < -0.39 is 0 Å². The zero-order valence-electron chi connectivity index (χ0n) is 15.5. The van der Waals surface area contributed by atoms with E-state index >= 15 is 0 Å². The minimum absolute atomic E-state index is 0.00978. The number of carbonyl (C=O) groups is 1. The molecule has 144 valence electrons. The fraction of sp³-hybridized carbons (Fsp3) is 0.263. The molecule has 0 bridgehead atoms. The molecule has 3 aromatic rings. The molecule has 3 heterocycles. The number of hydrogen-bond acceptors (Lipinski definition) is 7. The molecule has 0 saturated carbocycles. The maximum atomic E-state index is 12.5. The highest BCUT2D eigenvalue weighted by atomic mass is 16.5. The van der Waals surface area contributed by atoms with E-state index in [1.165, 1.54) is 0 Å². The van der Waals surface area contributed by atoms with Crippen LogP contribution in [0, 0.1) is 0 Å². The third-order valence-corrected chi connectivity index (χ3v) is 4.46. The van der Waals surface area contributed by atoms with Crippen molar-refractivity contribution < 1.29 is 18.8 Å². The van der Waals surface area contributed by atoms with Gasteiger partial charge in [0.1, 0.15) is 17.2 Å². The zero-order chi connectivity index (χ0) is 19.5. The summed E-state index contributed by atoms with van der Waals surface area (Å²) in [5.74, 6) is 2.17. The van der Waals surface area contributed by atoms with E-state index in [1.54, 1.807) is 43.5 Å².